The Hall–Kier alpha value is -3.36. The molecule has 4 rings (SSSR count). The SMILES string of the molecule is O=[N+]([O-])c1ccc(Oc2ccc([N+](=O)[O-])cc2-c2c(Cl)cccc2Cl)c(-c2c(Cl)cccc2Cl)c1. The number of hydrogen-bond donors (Lipinski definition) is 0. The Morgan fingerprint density at radius 3 is 1.23 bits per heavy atom. The lowest BCUT2D eigenvalue weighted by Gasteiger charge is -2.17. The highest BCUT2D eigenvalue weighted by Crippen LogP contribution is 2.46. The first-order valence-electron chi connectivity index (χ1n) is 9.81. The van der Waals surface area contributed by atoms with Gasteiger partial charge in [0.2, 0.25) is 0 Å². The van der Waals surface area contributed by atoms with Gasteiger partial charge in [-0.25, -0.2) is 0 Å². The molecule has 0 spiro atoms. The van der Waals surface area contributed by atoms with Gasteiger partial charge in [-0.2, -0.15) is 0 Å². The maximum Gasteiger partial charge on any atom is 0.270 e. The van der Waals surface area contributed by atoms with E-state index in [1.54, 1.807) is 36.4 Å². The first kappa shape index (κ1) is 24.8. The highest BCUT2D eigenvalue weighted by Gasteiger charge is 2.22. The molecule has 0 radical (unpaired) electrons. The molecule has 176 valence electrons. The number of hydrogen-bond acceptors (Lipinski definition) is 5. The zero-order valence-corrected chi connectivity index (χ0v) is 20.4. The van der Waals surface area contributed by atoms with Gasteiger partial charge in [0.05, 0.1) is 29.9 Å². The van der Waals surface area contributed by atoms with Gasteiger partial charge in [0.1, 0.15) is 11.5 Å². The summed E-state index contributed by atoms with van der Waals surface area (Å²) >= 11 is 25.5. The number of halogens is 4. The lowest BCUT2D eigenvalue weighted by atomic mass is 10.0. The summed E-state index contributed by atoms with van der Waals surface area (Å²) in [5.74, 6) is 0.341. The highest BCUT2D eigenvalue weighted by atomic mass is 35.5. The van der Waals surface area contributed by atoms with Gasteiger partial charge in [0.15, 0.2) is 0 Å². The molecule has 4 aromatic rings. The number of rotatable bonds is 6. The normalized spacial score (nSPS) is 10.7. The molecule has 0 aliphatic carbocycles. The van der Waals surface area contributed by atoms with Crippen LogP contribution in [0.15, 0.2) is 72.8 Å². The molecule has 0 saturated heterocycles. The van der Waals surface area contributed by atoms with E-state index in [4.69, 9.17) is 51.1 Å². The van der Waals surface area contributed by atoms with Crippen LogP contribution in [0.5, 0.6) is 11.5 Å². The fraction of sp³-hybridized carbons (Fsp3) is 0. The predicted octanol–water partition coefficient (Wildman–Crippen LogP) is 9.24. The zero-order chi connectivity index (χ0) is 25.3. The third-order valence-electron chi connectivity index (χ3n) is 5.03. The Morgan fingerprint density at radius 1 is 0.571 bits per heavy atom. The van der Waals surface area contributed by atoms with Crippen molar-refractivity contribution in [3.8, 4) is 33.8 Å². The van der Waals surface area contributed by atoms with E-state index in [0.29, 0.717) is 11.1 Å². The summed E-state index contributed by atoms with van der Waals surface area (Å²) in [6.45, 7) is 0. The molecule has 0 bridgehead atoms. The Labute approximate surface area is 218 Å². The van der Waals surface area contributed by atoms with Crippen LogP contribution in [-0.4, -0.2) is 9.85 Å². The van der Waals surface area contributed by atoms with Crippen LogP contribution in [0.1, 0.15) is 0 Å². The number of nitrogens with zero attached hydrogens (tertiary/aromatic N) is 2. The summed E-state index contributed by atoms with van der Waals surface area (Å²) in [5, 5.41) is 23.9. The molecule has 7 nitrogen and oxygen atoms in total. The molecule has 0 heterocycles. The van der Waals surface area contributed by atoms with E-state index >= 15 is 0 Å². The maximum atomic E-state index is 11.4. The van der Waals surface area contributed by atoms with E-state index in [-0.39, 0.29) is 54.1 Å². The van der Waals surface area contributed by atoms with Crippen molar-refractivity contribution >= 4 is 57.8 Å². The van der Waals surface area contributed by atoms with Gasteiger partial charge in [0, 0.05) is 46.5 Å². The second-order valence-corrected chi connectivity index (χ2v) is 8.80. The Bertz CT molecular complexity index is 1340. The molecular formula is C24H12Cl4N2O5. The topological polar surface area (TPSA) is 95.5 Å². The average Bonchev–Trinajstić information content (AvgIpc) is 2.80. The van der Waals surface area contributed by atoms with Crippen LogP contribution < -0.4 is 4.74 Å². The van der Waals surface area contributed by atoms with Gasteiger partial charge in [-0.15, -0.1) is 0 Å². The van der Waals surface area contributed by atoms with Gasteiger partial charge >= 0.3 is 0 Å². The molecule has 35 heavy (non-hydrogen) atoms. The molecule has 0 aliphatic rings. The predicted molar refractivity (Wildman–Crippen MR) is 137 cm³/mol. The molecule has 0 unspecified atom stereocenters. The van der Waals surface area contributed by atoms with Crippen molar-refractivity contribution in [3.05, 3.63) is 113 Å². The minimum atomic E-state index is -0.557. The summed E-state index contributed by atoms with van der Waals surface area (Å²) in [4.78, 5) is 21.8. The van der Waals surface area contributed by atoms with Crippen LogP contribution in [0.4, 0.5) is 11.4 Å². The van der Waals surface area contributed by atoms with E-state index in [9.17, 15) is 20.2 Å². The van der Waals surface area contributed by atoms with E-state index in [1.807, 2.05) is 0 Å². The van der Waals surface area contributed by atoms with Crippen molar-refractivity contribution < 1.29 is 14.6 Å². The number of non-ortho nitro benzene ring substituents is 2. The molecule has 0 atom stereocenters. The average molecular weight is 550 g/mol. The van der Waals surface area contributed by atoms with E-state index < -0.39 is 9.85 Å². The summed E-state index contributed by atoms with van der Waals surface area (Å²) in [5.41, 5.74) is 0.749. The molecule has 0 saturated carbocycles. The Kier molecular flexibility index (Phi) is 7.14. The lowest BCUT2D eigenvalue weighted by Crippen LogP contribution is -1.96. The third-order valence-corrected chi connectivity index (χ3v) is 6.29. The zero-order valence-electron chi connectivity index (χ0n) is 17.4. The van der Waals surface area contributed by atoms with Gasteiger partial charge in [-0.3, -0.25) is 20.2 Å². The van der Waals surface area contributed by atoms with Crippen LogP contribution in [0.2, 0.25) is 20.1 Å². The first-order chi connectivity index (χ1) is 16.7. The monoisotopic (exact) mass is 548 g/mol. The van der Waals surface area contributed by atoms with Crippen molar-refractivity contribution in [1.29, 1.82) is 0 Å². The largest absolute Gasteiger partial charge is 0.456 e. The van der Waals surface area contributed by atoms with Crippen LogP contribution in [0.25, 0.3) is 22.3 Å². The van der Waals surface area contributed by atoms with Gasteiger partial charge in [-0.1, -0.05) is 58.5 Å². The molecule has 4 aromatic carbocycles. The summed E-state index contributed by atoms with van der Waals surface area (Å²) in [6.07, 6.45) is 0. The second kappa shape index (κ2) is 10.1. The number of nitro groups is 2. The minimum Gasteiger partial charge on any atom is -0.456 e. The summed E-state index contributed by atoms with van der Waals surface area (Å²) < 4.78 is 6.16. The molecule has 0 fully saturated rings. The summed E-state index contributed by atoms with van der Waals surface area (Å²) in [6, 6.07) is 17.5. The molecule has 11 heteroatoms. The van der Waals surface area contributed by atoms with Gasteiger partial charge in [0.25, 0.3) is 11.4 Å². The van der Waals surface area contributed by atoms with E-state index in [0.717, 1.165) is 0 Å². The van der Waals surface area contributed by atoms with Gasteiger partial charge < -0.3 is 4.74 Å². The van der Waals surface area contributed by atoms with Crippen molar-refractivity contribution in [3.63, 3.8) is 0 Å². The standard InChI is InChI=1S/C24H12Cl4N2O5/c25-17-3-1-4-18(26)23(17)15-11-13(29(31)32)7-9-21(15)35-22-10-8-14(30(33)34)12-16(22)24-19(27)5-2-6-20(24)28/h1-12H. The minimum absolute atomic E-state index is 0.170. The second-order valence-electron chi connectivity index (χ2n) is 7.17. The molecule has 0 N–H and O–H groups in total. The van der Waals surface area contributed by atoms with Crippen LogP contribution in [0, 0.1) is 20.2 Å². The van der Waals surface area contributed by atoms with E-state index in [2.05, 4.69) is 0 Å². The van der Waals surface area contributed by atoms with Crippen molar-refractivity contribution in [2.45, 2.75) is 0 Å². The Morgan fingerprint density at radius 2 is 0.914 bits per heavy atom. The fourth-order valence-corrected chi connectivity index (χ4v) is 4.66. The molecule has 0 aromatic heterocycles. The maximum absolute atomic E-state index is 11.4. The quantitative estimate of drug-likeness (QED) is 0.176. The van der Waals surface area contributed by atoms with Crippen LogP contribution in [-0.2, 0) is 0 Å². The van der Waals surface area contributed by atoms with Gasteiger partial charge in [-0.05, 0) is 36.4 Å². The van der Waals surface area contributed by atoms with E-state index in [1.165, 1.54) is 36.4 Å². The summed E-state index contributed by atoms with van der Waals surface area (Å²) in [7, 11) is 0. The van der Waals surface area contributed by atoms with Crippen molar-refractivity contribution in [1.82, 2.24) is 0 Å². The van der Waals surface area contributed by atoms with Crippen LogP contribution in [0.3, 0.4) is 0 Å². The third kappa shape index (κ3) is 5.04. The van der Waals surface area contributed by atoms with Crippen molar-refractivity contribution in [2.24, 2.45) is 0 Å². The van der Waals surface area contributed by atoms with Crippen molar-refractivity contribution in [2.75, 3.05) is 0 Å². The highest BCUT2D eigenvalue weighted by molar-refractivity contribution is 6.40. The molecule has 0 amide bonds. The molecular weight excluding hydrogens is 538 g/mol. The smallest absolute Gasteiger partial charge is 0.270 e. The van der Waals surface area contributed by atoms with Crippen LogP contribution >= 0.6 is 46.4 Å². The first-order valence-corrected chi connectivity index (χ1v) is 11.3. The number of ether oxygens (including phenoxy) is 1. The number of nitro benzene ring substituents is 2. The number of benzene rings is 4. The molecule has 0 aliphatic heterocycles. The lowest BCUT2D eigenvalue weighted by molar-refractivity contribution is -0.385. The fourth-order valence-electron chi connectivity index (χ4n) is 3.46. The Balaban J connectivity index is 1.95.